The van der Waals surface area contributed by atoms with Gasteiger partial charge in [-0.25, -0.2) is 4.98 Å². The second-order valence-corrected chi connectivity index (χ2v) is 6.37. The predicted octanol–water partition coefficient (Wildman–Crippen LogP) is 3.28. The fraction of sp³-hybridized carbons (Fsp3) is 0.429. The molecule has 0 saturated carbocycles. The summed E-state index contributed by atoms with van der Waals surface area (Å²) in [4.78, 5) is 4.63. The maximum atomic E-state index is 6.00. The topological polar surface area (TPSA) is 53.6 Å². The molecule has 1 aliphatic heterocycles. The molecule has 0 aliphatic carbocycles. The third-order valence-electron chi connectivity index (χ3n) is 3.57. The average Bonchev–Trinajstić information content (AvgIpc) is 2.92. The average molecular weight is 356 g/mol. The van der Waals surface area contributed by atoms with E-state index in [-0.39, 0.29) is 0 Å². The molecule has 4 nitrogen and oxygen atoms in total. The molecule has 1 atom stereocenters. The van der Waals surface area contributed by atoms with E-state index in [1.54, 1.807) is 0 Å². The molecule has 1 aromatic heterocycles. The van der Waals surface area contributed by atoms with Crippen molar-refractivity contribution in [2.75, 3.05) is 13.1 Å². The van der Waals surface area contributed by atoms with Crippen LogP contribution in [0.4, 0.5) is 0 Å². The Kier molecular flexibility index (Phi) is 4.38. The maximum absolute atomic E-state index is 6.00. The first-order chi connectivity index (χ1) is 9.72. The molecule has 1 aromatic carbocycles. The van der Waals surface area contributed by atoms with Crippen molar-refractivity contribution in [3.63, 3.8) is 0 Å². The van der Waals surface area contributed by atoms with Gasteiger partial charge < -0.3 is 5.32 Å². The van der Waals surface area contributed by atoms with Gasteiger partial charge in [-0.05, 0) is 53.0 Å². The Morgan fingerprint density at radius 1 is 1.40 bits per heavy atom. The lowest BCUT2D eigenvalue weighted by atomic mass is 9.99. The highest BCUT2D eigenvalue weighted by Crippen LogP contribution is 2.24. The van der Waals surface area contributed by atoms with E-state index in [4.69, 9.17) is 11.6 Å². The molecule has 2 heterocycles. The fourth-order valence-corrected chi connectivity index (χ4v) is 3.03. The zero-order chi connectivity index (χ0) is 13.9. The summed E-state index contributed by atoms with van der Waals surface area (Å²) in [6.45, 7) is 2.08. The molecule has 1 aliphatic rings. The van der Waals surface area contributed by atoms with Crippen LogP contribution >= 0.6 is 27.5 Å². The number of aromatic amines is 1. The number of H-pyrrole nitrogens is 1. The Morgan fingerprint density at radius 2 is 2.30 bits per heavy atom. The van der Waals surface area contributed by atoms with Crippen LogP contribution in [0.15, 0.2) is 22.7 Å². The highest BCUT2D eigenvalue weighted by Gasteiger charge is 2.19. The molecule has 3 rings (SSSR count). The van der Waals surface area contributed by atoms with Crippen molar-refractivity contribution in [1.29, 1.82) is 0 Å². The maximum Gasteiger partial charge on any atom is 0.155 e. The van der Waals surface area contributed by atoms with Crippen LogP contribution < -0.4 is 5.32 Å². The van der Waals surface area contributed by atoms with Gasteiger partial charge in [0.15, 0.2) is 5.82 Å². The van der Waals surface area contributed by atoms with Crippen LogP contribution in [0.25, 0.3) is 0 Å². The van der Waals surface area contributed by atoms with Gasteiger partial charge in [0.1, 0.15) is 5.82 Å². The van der Waals surface area contributed by atoms with Crippen LogP contribution in [-0.2, 0) is 6.42 Å². The number of hydrogen-bond acceptors (Lipinski definition) is 3. The highest BCUT2D eigenvalue weighted by atomic mass is 79.9. The first-order valence-electron chi connectivity index (χ1n) is 6.78. The number of nitrogens with one attached hydrogen (secondary N) is 2. The summed E-state index contributed by atoms with van der Waals surface area (Å²) < 4.78 is 0.910. The molecular formula is C14H16BrClN4. The largest absolute Gasteiger partial charge is 0.316 e. The van der Waals surface area contributed by atoms with Crippen molar-refractivity contribution in [1.82, 2.24) is 20.5 Å². The van der Waals surface area contributed by atoms with Crippen LogP contribution in [0.2, 0.25) is 5.02 Å². The lowest BCUT2D eigenvalue weighted by Crippen LogP contribution is -2.28. The van der Waals surface area contributed by atoms with Crippen LogP contribution in [0.5, 0.6) is 0 Å². The van der Waals surface area contributed by atoms with Crippen LogP contribution in [0.1, 0.15) is 36.0 Å². The van der Waals surface area contributed by atoms with E-state index >= 15 is 0 Å². The molecule has 1 saturated heterocycles. The molecule has 2 N–H and O–H groups in total. The van der Waals surface area contributed by atoms with E-state index in [2.05, 4.69) is 36.4 Å². The molecule has 106 valence electrons. The highest BCUT2D eigenvalue weighted by molar-refractivity contribution is 9.10. The van der Waals surface area contributed by atoms with Crippen molar-refractivity contribution < 1.29 is 0 Å². The number of hydrogen-bond donors (Lipinski definition) is 2. The van der Waals surface area contributed by atoms with Gasteiger partial charge >= 0.3 is 0 Å². The molecule has 20 heavy (non-hydrogen) atoms. The molecule has 6 heteroatoms. The third kappa shape index (κ3) is 3.22. The van der Waals surface area contributed by atoms with Crippen molar-refractivity contribution in [3.8, 4) is 0 Å². The van der Waals surface area contributed by atoms with Gasteiger partial charge in [-0.2, -0.15) is 5.10 Å². The zero-order valence-electron chi connectivity index (χ0n) is 11.0. The van der Waals surface area contributed by atoms with Crippen molar-refractivity contribution in [2.45, 2.75) is 25.2 Å². The minimum atomic E-state index is 0.436. The molecular weight excluding hydrogens is 340 g/mol. The van der Waals surface area contributed by atoms with Crippen molar-refractivity contribution >= 4 is 27.5 Å². The lowest BCUT2D eigenvalue weighted by Gasteiger charge is -2.19. The normalized spacial score (nSPS) is 19.2. The first kappa shape index (κ1) is 14.0. The molecule has 2 aromatic rings. The molecule has 1 unspecified atom stereocenters. The van der Waals surface area contributed by atoms with Crippen molar-refractivity contribution in [3.05, 3.63) is 44.9 Å². The fourth-order valence-electron chi connectivity index (χ4n) is 2.49. The Bertz CT molecular complexity index is 593. The van der Waals surface area contributed by atoms with E-state index < -0.39 is 0 Å². The monoisotopic (exact) mass is 354 g/mol. The molecule has 0 spiro atoms. The molecule has 0 radical (unpaired) electrons. The summed E-state index contributed by atoms with van der Waals surface area (Å²) in [5, 5.41) is 11.5. The summed E-state index contributed by atoms with van der Waals surface area (Å²) in [6.07, 6.45) is 3.10. The van der Waals surface area contributed by atoms with E-state index in [1.807, 2.05) is 18.2 Å². The summed E-state index contributed by atoms with van der Waals surface area (Å²) in [7, 11) is 0. The van der Waals surface area contributed by atoms with Crippen LogP contribution in [0, 0.1) is 0 Å². The number of benzene rings is 1. The van der Waals surface area contributed by atoms with Gasteiger partial charge in [-0.3, -0.25) is 5.10 Å². The minimum Gasteiger partial charge on any atom is -0.316 e. The Hall–Kier alpha value is -0.910. The van der Waals surface area contributed by atoms with Gasteiger partial charge in [-0.1, -0.05) is 17.7 Å². The van der Waals surface area contributed by atoms with Crippen LogP contribution in [0.3, 0.4) is 0 Å². The minimum absolute atomic E-state index is 0.436. The third-order valence-corrected chi connectivity index (χ3v) is 4.78. The SMILES string of the molecule is Clc1ccc(Cc2nc(C3CCCNC3)n[nH]2)cc1Br. The standard InChI is InChI=1S/C14H16BrClN4/c15-11-6-9(3-4-12(11)16)7-13-18-14(20-19-13)10-2-1-5-17-8-10/h3-4,6,10,17H,1-2,5,7-8H2,(H,18,19,20). The summed E-state index contributed by atoms with van der Waals surface area (Å²) in [6, 6.07) is 5.92. The number of halogens is 2. The van der Waals surface area contributed by atoms with Gasteiger partial charge in [0.25, 0.3) is 0 Å². The van der Waals surface area contributed by atoms with E-state index in [9.17, 15) is 0 Å². The van der Waals surface area contributed by atoms with Crippen LogP contribution in [-0.4, -0.2) is 28.3 Å². The number of nitrogens with zero attached hydrogens (tertiary/aromatic N) is 2. The summed E-state index contributed by atoms with van der Waals surface area (Å²) in [5.41, 5.74) is 1.16. The number of aromatic nitrogens is 3. The van der Waals surface area contributed by atoms with Gasteiger partial charge in [0, 0.05) is 23.4 Å². The van der Waals surface area contributed by atoms with Gasteiger partial charge in [0.05, 0.1) is 5.02 Å². The second kappa shape index (κ2) is 6.24. The first-order valence-corrected chi connectivity index (χ1v) is 7.95. The second-order valence-electron chi connectivity index (χ2n) is 5.11. The summed E-state index contributed by atoms with van der Waals surface area (Å²) in [5.74, 6) is 2.27. The van der Waals surface area contributed by atoms with Gasteiger partial charge in [-0.15, -0.1) is 0 Å². The molecule has 0 bridgehead atoms. The van der Waals surface area contributed by atoms with Gasteiger partial charge in [0.2, 0.25) is 0 Å². The van der Waals surface area contributed by atoms with E-state index in [0.717, 1.165) is 52.6 Å². The quantitative estimate of drug-likeness (QED) is 0.888. The Balaban J connectivity index is 1.71. The van der Waals surface area contributed by atoms with E-state index in [1.165, 1.54) is 6.42 Å². The Labute approximate surface area is 131 Å². The number of rotatable bonds is 3. The lowest BCUT2D eigenvalue weighted by molar-refractivity contribution is 0.447. The predicted molar refractivity (Wildman–Crippen MR) is 83.2 cm³/mol. The number of piperidine rings is 1. The summed E-state index contributed by atoms with van der Waals surface area (Å²) >= 11 is 9.44. The molecule has 1 fully saturated rings. The van der Waals surface area contributed by atoms with E-state index in [0.29, 0.717) is 5.92 Å². The van der Waals surface area contributed by atoms with Crippen molar-refractivity contribution in [2.24, 2.45) is 0 Å². The zero-order valence-corrected chi connectivity index (χ0v) is 13.3. The molecule has 0 amide bonds. The Morgan fingerprint density at radius 3 is 3.05 bits per heavy atom. The smallest absolute Gasteiger partial charge is 0.155 e.